The van der Waals surface area contributed by atoms with Crippen molar-refractivity contribution in [1.29, 1.82) is 0 Å². The van der Waals surface area contributed by atoms with E-state index >= 15 is 0 Å². The first-order chi connectivity index (χ1) is 9.65. The summed E-state index contributed by atoms with van der Waals surface area (Å²) in [7, 11) is 0. The van der Waals surface area contributed by atoms with Gasteiger partial charge in [0.15, 0.2) is 0 Å². The van der Waals surface area contributed by atoms with Crippen molar-refractivity contribution in [2.45, 2.75) is 19.4 Å². The van der Waals surface area contributed by atoms with Crippen LogP contribution in [0.2, 0.25) is 0 Å². The molecule has 0 aromatic heterocycles. The third-order valence-corrected chi connectivity index (χ3v) is 3.83. The van der Waals surface area contributed by atoms with Crippen LogP contribution in [0, 0.1) is 0 Å². The maximum atomic E-state index is 5.94. The number of benzene rings is 1. The minimum absolute atomic E-state index is 0.130. The monoisotopic (exact) mass is 342 g/mol. The zero-order chi connectivity index (χ0) is 14.4. The molecule has 1 aromatic rings. The maximum Gasteiger partial charge on any atom is 0.122 e. The standard InChI is InChI=1S/C15H23BrN2O2/c1-12(17)10-13-11-14(16)2-3-15(13)20-9-6-18-4-7-19-8-5-18/h2-3,11-12H,4-10,17H2,1H3. The Hall–Kier alpha value is -0.620. The van der Waals surface area contributed by atoms with Crippen molar-refractivity contribution in [3.63, 3.8) is 0 Å². The second-order valence-corrected chi connectivity index (χ2v) is 6.15. The third-order valence-electron chi connectivity index (χ3n) is 3.33. The van der Waals surface area contributed by atoms with Gasteiger partial charge in [-0.05, 0) is 37.1 Å². The van der Waals surface area contributed by atoms with Crippen molar-refractivity contribution < 1.29 is 9.47 Å². The van der Waals surface area contributed by atoms with Crippen LogP contribution in [0.25, 0.3) is 0 Å². The summed E-state index contributed by atoms with van der Waals surface area (Å²) in [5, 5.41) is 0. The maximum absolute atomic E-state index is 5.94. The first-order valence-electron chi connectivity index (χ1n) is 7.12. The molecule has 0 amide bonds. The van der Waals surface area contributed by atoms with Gasteiger partial charge < -0.3 is 15.2 Å². The number of nitrogens with zero attached hydrogens (tertiary/aromatic N) is 1. The number of ether oxygens (including phenoxy) is 2. The summed E-state index contributed by atoms with van der Waals surface area (Å²) in [4.78, 5) is 2.37. The molecule has 1 saturated heterocycles. The Morgan fingerprint density at radius 2 is 2.15 bits per heavy atom. The molecule has 4 nitrogen and oxygen atoms in total. The van der Waals surface area contributed by atoms with Crippen LogP contribution in [0.15, 0.2) is 22.7 Å². The number of morpholine rings is 1. The van der Waals surface area contributed by atoms with Gasteiger partial charge >= 0.3 is 0 Å². The van der Waals surface area contributed by atoms with Crippen molar-refractivity contribution in [3.05, 3.63) is 28.2 Å². The molecule has 20 heavy (non-hydrogen) atoms. The van der Waals surface area contributed by atoms with Gasteiger partial charge in [-0.3, -0.25) is 4.90 Å². The molecule has 2 rings (SSSR count). The number of nitrogens with two attached hydrogens (primary N) is 1. The molecule has 1 aromatic carbocycles. The molecule has 1 unspecified atom stereocenters. The molecule has 0 saturated carbocycles. The van der Waals surface area contributed by atoms with Crippen molar-refractivity contribution in [2.75, 3.05) is 39.5 Å². The predicted octanol–water partition coefficient (Wildman–Crippen LogP) is 2.05. The van der Waals surface area contributed by atoms with Crippen LogP contribution in [-0.4, -0.2) is 50.4 Å². The molecule has 0 radical (unpaired) electrons. The fourth-order valence-corrected chi connectivity index (χ4v) is 2.71. The summed E-state index contributed by atoms with van der Waals surface area (Å²) in [6.45, 7) is 7.30. The topological polar surface area (TPSA) is 47.7 Å². The van der Waals surface area contributed by atoms with Crippen molar-refractivity contribution in [2.24, 2.45) is 5.73 Å². The number of rotatable bonds is 6. The minimum atomic E-state index is 0.130. The largest absolute Gasteiger partial charge is 0.492 e. The van der Waals surface area contributed by atoms with Crippen molar-refractivity contribution >= 4 is 15.9 Å². The molecular formula is C15H23BrN2O2. The molecule has 1 aliphatic heterocycles. The van der Waals surface area contributed by atoms with E-state index in [1.807, 2.05) is 19.1 Å². The highest BCUT2D eigenvalue weighted by atomic mass is 79.9. The van der Waals surface area contributed by atoms with E-state index in [1.54, 1.807) is 0 Å². The van der Waals surface area contributed by atoms with E-state index in [0.29, 0.717) is 6.61 Å². The van der Waals surface area contributed by atoms with Crippen LogP contribution >= 0.6 is 15.9 Å². The summed E-state index contributed by atoms with van der Waals surface area (Å²) in [6, 6.07) is 6.24. The SMILES string of the molecule is CC(N)Cc1cc(Br)ccc1OCCN1CCOCC1. The van der Waals surface area contributed by atoms with Crippen LogP contribution < -0.4 is 10.5 Å². The van der Waals surface area contributed by atoms with E-state index in [4.69, 9.17) is 15.2 Å². The van der Waals surface area contributed by atoms with E-state index in [1.165, 1.54) is 0 Å². The Kier molecular flexibility index (Phi) is 6.29. The van der Waals surface area contributed by atoms with E-state index in [-0.39, 0.29) is 6.04 Å². The summed E-state index contributed by atoms with van der Waals surface area (Å²) in [5.41, 5.74) is 7.06. The Labute approximate surface area is 129 Å². The second-order valence-electron chi connectivity index (χ2n) is 5.24. The molecule has 2 N–H and O–H groups in total. The average molecular weight is 343 g/mol. The summed E-state index contributed by atoms with van der Waals surface area (Å²) in [6.07, 6.45) is 0.826. The molecule has 0 spiro atoms. The highest BCUT2D eigenvalue weighted by molar-refractivity contribution is 9.10. The molecule has 1 atom stereocenters. The zero-order valence-corrected chi connectivity index (χ0v) is 13.6. The summed E-state index contributed by atoms with van der Waals surface area (Å²) >= 11 is 3.50. The lowest BCUT2D eigenvalue weighted by Crippen LogP contribution is -2.38. The van der Waals surface area contributed by atoms with Gasteiger partial charge in [-0.1, -0.05) is 15.9 Å². The Morgan fingerprint density at radius 3 is 2.85 bits per heavy atom. The van der Waals surface area contributed by atoms with E-state index in [9.17, 15) is 0 Å². The number of hydrogen-bond donors (Lipinski definition) is 1. The highest BCUT2D eigenvalue weighted by Crippen LogP contribution is 2.24. The van der Waals surface area contributed by atoms with Gasteiger partial charge in [0, 0.05) is 30.1 Å². The average Bonchev–Trinajstić information content (AvgIpc) is 2.42. The molecular weight excluding hydrogens is 320 g/mol. The van der Waals surface area contributed by atoms with Gasteiger partial charge in [0.05, 0.1) is 13.2 Å². The third kappa shape index (κ3) is 5.05. The van der Waals surface area contributed by atoms with E-state index in [2.05, 4.69) is 26.9 Å². The Morgan fingerprint density at radius 1 is 1.40 bits per heavy atom. The molecule has 0 aliphatic carbocycles. The van der Waals surface area contributed by atoms with Crippen LogP contribution in [-0.2, 0) is 11.2 Å². The fraction of sp³-hybridized carbons (Fsp3) is 0.600. The molecule has 5 heteroatoms. The van der Waals surface area contributed by atoms with Gasteiger partial charge in [-0.15, -0.1) is 0 Å². The molecule has 1 heterocycles. The van der Waals surface area contributed by atoms with Gasteiger partial charge in [0.1, 0.15) is 12.4 Å². The van der Waals surface area contributed by atoms with E-state index < -0.39 is 0 Å². The van der Waals surface area contributed by atoms with Crippen LogP contribution in [0.3, 0.4) is 0 Å². The Bertz CT molecular complexity index is 420. The van der Waals surface area contributed by atoms with Gasteiger partial charge in [-0.25, -0.2) is 0 Å². The molecule has 1 fully saturated rings. The molecule has 1 aliphatic rings. The van der Waals surface area contributed by atoms with Gasteiger partial charge in [0.2, 0.25) is 0 Å². The molecule has 112 valence electrons. The van der Waals surface area contributed by atoms with Gasteiger partial charge in [-0.2, -0.15) is 0 Å². The normalized spacial score (nSPS) is 17.9. The summed E-state index contributed by atoms with van der Waals surface area (Å²) in [5.74, 6) is 0.943. The lowest BCUT2D eigenvalue weighted by molar-refractivity contribution is 0.0322. The molecule has 0 bridgehead atoms. The highest BCUT2D eigenvalue weighted by Gasteiger charge is 2.11. The lowest BCUT2D eigenvalue weighted by atomic mass is 10.1. The lowest BCUT2D eigenvalue weighted by Gasteiger charge is -2.26. The van der Waals surface area contributed by atoms with Gasteiger partial charge in [0.25, 0.3) is 0 Å². The van der Waals surface area contributed by atoms with Crippen LogP contribution in [0.4, 0.5) is 0 Å². The quantitative estimate of drug-likeness (QED) is 0.859. The first kappa shape index (κ1) is 15.8. The minimum Gasteiger partial charge on any atom is -0.492 e. The van der Waals surface area contributed by atoms with E-state index in [0.717, 1.165) is 55.1 Å². The number of halogens is 1. The first-order valence-corrected chi connectivity index (χ1v) is 7.91. The predicted molar refractivity (Wildman–Crippen MR) is 84.2 cm³/mol. The Balaban J connectivity index is 1.87. The van der Waals surface area contributed by atoms with Crippen molar-refractivity contribution in [3.8, 4) is 5.75 Å². The zero-order valence-electron chi connectivity index (χ0n) is 12.0. The van der Waals surface area contributed by atoms with Crippen LogP contribution in [0.5, 0.6) is 5.75 Å². The van der Waals surface area contributed by atoms with Crippen LogP contribution in [0.1, 0.15) is 12.5 Å². The summed E-state index contributed by atoms with van der Waals surface area (Å²) < 4.78 is 12.3. The van der Waals surface area contributed by atoms with Crippen molar-refractivity contribution in [1.82, 2.24) is 4.90 Å². The second kappa shape index (κ2) is 7.98. The number of hydrogen-bond acceptors (Lipinski definition) is 4. The fourth-order valence-electron chi connectivity index (χ4n) is 2.30. The smallest absolute Gasteiger partial charge is 0.122 e.